The first-order valence-electron chi connectivity index (χ1n) is 9.59. The molecule has 0 atom stereocenters. The number of hydrogen-bond acceptors (Lipinski definition) is 3. The van der Waals surface area contributed by atoms with Crippen molar-refractivity contribution in [2.24, 2.45) is 0 Å². The zero-order valence-electron chi connectivity index (χ0n) is 17.0. The Kier molecular flexibility index (Phi) is 5.37. The molecule has 0 fully saturated rings. The van der Waals surface area contributed by atoms with Gasteiger partial charge in [-0.25, -0.2) is 0 Å². The summed E-state index contributed by atoms with van der Waals surface area (Å²) in [6, 6.07) is 17.3. The number of rotatable bonds is 5. The summed E-state index contributed by atoms with van der Waals surface area (Å²) in [6.07, 6.45) is 1.70. The Morgan fingerprint density at radius 1 is 0.643 bits per heavy atom. The van der Waals surface area contributed by atoms with Crippen LogP contribution in [0.5, 0.6) is 17.2 Å². The minimum Gasteiger partial charge on any atom is -0.508 e. The van der Waals surface area contributed by atoms with Crippen LogP contribution in [0, 0.1) is 20.8 Å². The van der Waals surface area contributed by atoms with Gasteiger partial charge < -0.3 is 15.3 Å². The molecule has 3 nitrogen and oxygen atoms in total. The minimum absolute atomic E-state index is 0.289. The first kappa shape index (κ1) is 19.8. The fourth-order valence-corrected chi connectivity index (χ4v) is 3.72. The highest BCUT2D eigenvalue weighted by molar-refractivity contribution is 5.47. The third-order valence-electron chi connectivity index (χ3n) is 5.84. The average Bonchev–Trinajstić information content (AvgIpc) is 2.66. The van der Waals surface area contributed by atoms with Gasteiger partial charge in [0.15, 0.2) is 0 Å². The summed E-state index contributed by atoms with van der Waals surface area (Å²) in [6.45, 7) is 7.93. The van der Waals surface area contributed by atoms with E-state index in [0.29, 0.717) is 17.2 Å². The van der Waals surface area contributed by atoms with Crippen LogP contribution in [0.4, 0.5) is 0 Å². The van der Waals surface area contributed by atoms with Gasteiger partial charge in [-0.15, -0.1) is 0 Å². The molecule has 3 heteroatoms. The zero-order valence-corrected chi connectivity index (χ0v) is 17.0. The Labute approximate surface area is 166 Å². The first-order valence-corrected chi connectivity index (χ1v) is 9.59. The Morgan fingerprint density at radius 2 is 1.07 bits per heavy atom. The summed E-state index contributed by atoms with van der Waals surface area (Å²) >= 11 is 0. The predicted molar refractivity (Wildman–Crippen MR) is 113 cm³/mol. The van der Waals surface area contributed by atoms with Crippen LogP contribution in [0.2, 0.25) is 0 Å². The van der Waals surface area contributed by atoms with Gasteiger partial charge in [0, 0.05) is 5.41 Å². The first-order chi connectivity index (χ1) is 13.2. The van der Waals surface area contributed by atoms with Crippen LogP contribution in [-0.2, 0) is 11.8 Å². The van der Waals surface area contributed by atoms with Crippen LogP contribution in [-0.4, -0.2) is 15.3 Å². The van der Waals surface area contributed by atoms with Gasteiger partial charge in [0.25, 0.3) is 0 Å². The molecule has 0 saturated heterocycles. The molecule has 3 aromatic rings. The molecule has 0 heterocycles. The molecule has 3 rings (SSSR count). The molecule has 0 amide bonds. The van der Waals surface area contributed by atoms with Crippen molar-refractivity contribution < 1.29 is 15.3 Å². The van der Waals surface area contributed by atoms with Gasteiger partial charge in [-0.05, 0) is 85.2 Å². The lowest BCUT2D eigenvalue weighted by molar-refractivity contribution is 0.465. The second kappa shape index (κ2) is 7.59. The third-order valence-corrected chi connectivity index (χ3v) is 5.84. The van der Waals surface area contributed by atoms with Crippen LogP contribution in [0.3, 0.4) is 0 Å². The van der Waals surface area contributed by atoms with Crippen molar-refractivity contribution in [2.45, 2.75) is 46.0 Å². The van der Waals surface area contributed by atoms with E-state index in [2.05, 4.69) is 6.92 Å². The number of aromatic hydroxyl groups is 3. The molecule has 0 saturated carbocycles. The van der Waals surface area contributed by atoms with E-state index in [0.717, 1.165) is 40.7 Å². The highest BCUT2D eigenvalue weighted by Crippen LogP contribution is 2.39. The number of aryl methyl sites for hydroxylation is 4. The molecule has 0 aliphatic carbocycles. The zero-order chi connectivity index (χ0) is 20.5. The molecule has 28 heavy (non-hydrogen) atoms. The predicted octanol–water partition coefficient (Wildman–Crippen LogP) is 5.67. The summed E-state index contributed by atoms with van der Waals surface area (Å²) in [5, 5.41) is 29.7. The molecule has 0 aromatic heterocycles. The summed E-state index contributed by atoms with van der Waals surface area (Å²) in [5.41, 5.74) is 5.71. The van der Waals surface area contributed by atoms with E-state index in [1.165, 1.54) is 5.56 Å². The number of hydrogen-bond donors (Lipinski definition) is 3. The monoisotopic (exact) mass is 376 g/mol. The lowest BCUT2D eigenvalue weighted by Crippen LogP contribution is -2.25. The van der Waals surface area contributed by atoms with Crippen LogP contribution in [0.25, 0.3) is 0 Å². The SMILES string of the molecule is Cc1cc(CCC(C)(c2ccc(O)c(C)c2)c2ccc(O)c(C)c2)ccc1O. The summed E-state index contributed by atoms with van der Waals surface area (Å²) in [7, 11) is 0. The third kappa shape index (κ3) is 3.84. The molecule has 3 aromatic carbocycles. The van der Waals surface area contributed by atoms with E-state index in [1.807, 2.05) is 57.2 Å². The van der Waals surface area contributed by atoms with Crippen molar-refractivity contribution in [2.75, 3.05) is 0 Å². The maximum absolute atomic E-state index is 9.97. The maximum Gasteiger partial charge on any atom is 0.118 e. The number of phenols is 3. The highest BCUT2D eigenvalue weighted by Gasteiger charge is 2.29. The van der Waals surface area contributed by atoms with Crippen LogP contribution < -0.4 is 0 Å². The van der Waals surface area contributed by atoms with E-state index in [4.69, 9.17) is 0 Å². The molecular weight excluding hydrogens is 348 g/mol. The number of benzene rings is 3. The van der Waals surface area contributed by atoms with Gasteiger partial charge >= 0.3 is 0 Å². The van der Waals surface area contributed by atoms with Crippen molar-refractivity contribution in [1.82, 2.24) is 0 Å². The quantitative estimate of drug-likeness (QED) is 0.538. The van der Waals surface area contributed by atoms with Crippen LogP contribution in [0.15, 0.2) is 54.6 Å². The van der Waals surface area contributed by atoms with Crippen molar-refractivity contribution in [3.05, 3.63) is 88.0 Å². The highest BCUT2D eigenvalue weighted by atomic mass is 16.3. The van der Waals surface area contributed by atoms with Gasteiger partial charge in [0.1, 0.15) is 17.2 Å². The molecule has 0 bridgehead atoms. The largest absolute Gasteiger partial charge is 0.508 e. The van der Waals surface area contributed by atoms with Gasteiger partial charge in [-0.2, -0.15) is 0 Å². The van der Waals surface area contributed by atoms with E-state index in [1.54, 1.807) is 18.2 Å². The van der Waals surface area contributed by atoms with Crippen molar-refractivity contribution in [3.63, 3.8) is 0 Å². The molecular formula is C25H28O3. The van der Waals surface area contributed by atoms with Crippen LogP contribution >= 0.6 is 0 Å². The molecule has 3 N–H and O–H groups in total. The minimum atomic E-state index is -0.289. The smallest absolute Gasteiger partial charge is 0.118 e. The fourth-order valence-electron chi connectivity index (χ4n) is 3.72. The Bertz CT molecular complexity index is 953. The lowest BCUT2D eigenvalue weighted by atomic mass is 9.71. The van der Waals surface area contributed by atoms with E-state index >= 15 is 0 Å². The second-order valence-corrected chi connectivity index (χ2v) is 7.96. The fraction of sp³-hybridized carbons (Fsp3) is 0.280. The topological polar surface area (TPSA) is 60.7 Å². The Balaban J connectivity index is 2.03. The maximum atomic E-state index is 9.97. The summed E-state index contributed by atoms with van der Waals surface area (Å²) < 4.78 is 0. The van der Waals surface area contributed by atoms with Gasteiger partial charge in [0.05, 0.1) is 0 Å². The van der Waals surface area contributed by atoms with Gasteiger partial charge in [0.2, 0.25) is 0 Å². The average molecular weight is 376 g/mol. The lowest BCUT2D eigenvalue weighted by Gasteiger charge is -2.32. The van der Waals surface area contributed by atoms with E-state index in [9.17, 15) is 15.3 Å². The molecule has 0 aliphatic heterocycles. The van der Waals surface area contributed by atoms with Crippen molar-refractivity contribution in [1.29, 1.82) is 0 Å². The van der Waals surface area contributed by atoms with Crippen LogP contribution in [0.1, 0.15) is 46.7 Å². The molecule has 0 spiro atoms. The molecule has 0 unspecified atom stereocenters. The summed E-state index contributed by atoms with van der Waals surface area (Å²) in [5.74, 6) is 0.902. The van der Waals surface area contributed by atoms with Crippen molar-refractivity contribution in [3.8, 4) is 17.2 Å². The van der Waals surface area contributed by atoms with Crippen molar-refractivity contribution >= 4 is 0 Å². The normalized spacial score (nSPS) is 11.6. The molecule has 0 aliphatic rings. The second-order valence-electron chi connectivity index (χ2n) is 7.96. The molecule has 146 valence electrons. The van der Waals surface area contributed by atoms with E-state index in [-0.39, 0.29) is 5.41 Å². The van der Waals surface area contributed by atoms with Gasteiger partial charge in [-0.1, -0.05) is 43.3 Å². The number of phenolic OH excluding ortho intramolecular Hbond substituents is 3. The Hall–Kier alpha value is -2.94. The molecule has 0 radical (unpaired) electrons. The van der Waals surface area contributed by atoms with Gasteiger partial charge in [-0.3, -0.25) is 0 Å². The Morgan fingerprint density at radius 3 is 1.50 bits per heavy atom. The van der Waals surface area contributed by atoms with E-state index < -0.39 is 0 Å². The standard InChI is InChI=1S/C25H28O3/c1-16-13-19(5-8-22(16)26)11-12-25(4,20-6-9-23(27)17(2)14-20)21-7-10-24(28)18(3)15-21/h5-10,13-15,26-28H,11-12H2,1-4H3. The summed E-state index contributed by atoms with van der Waals surface area (Å²) in [4.78, 5) is 0.